The average molecular weight is 289 g/mol. The maximum absolute atomic E-state index is 11.3. The molecule has 0 bridgehead atoms. The Morgan fingerprint density at radius 1 is 1.48 bits per heavy atom. The van der Waals surface area contributed by atoms with Gasteiger partial charge in [0.1, 0.15) is 5.76 Å². The van der Waals surface area contributed by atoms with Gasteiger partial charge in [-0.3, -0.25) is 4.79 Å². The van der Waals surface area contributed by atoms with Crippen LogP contribution in [0.4, 0.5) is 0 Å². The van der Waals surface area contributed by atoms with Crippen molar-refractivity contribution in [1.82, 2.24) is 15.0 Å². The molecule has 1 saturated carbocycles. The van der Waals surface area contributed by atoms with E-state index >= 15 is 0 Å². The zero-order valence-electron chi connectivity index (χ0n) is 12.3. The normalized spacial score (nSPS) is 20.5. The van der Waals surface area contributed by atoms with E-state index in [1.54, 1.807) is 18.1 Å². The lowest BCUT2D eigenvalue weighted by molar-refractivity contribution is -0.128. The Labute approximate surface area is 123 Å². The SMILES string of the molecule is CCN(CCc1noc([C@H]2C[C@@H]2c2ccco2)n1)C(C)=O. The molecule has 2 heterocycles. The van der Waals surface area contributed by atoms with E-state index in [0.29, 0.717) is 37.1 Å². The first-order valence-electron chi connectivity index (χ1n) is 7.30. The zero-order chi connectivity index (χ0) is 14.8. The first kappa shape index (κ1) is 13.9. The summed E-state index contributed by atoms with van der Waals surface area (Å²) in [6, 6.07) is 3.87. The van der Waals surface area contributed by atoms with Gasteiger partial charge in [0, 0.05) is 38.3 Å². The fourth-order valence-electron chi connectivity index (χ4n) is 2.58. The first-order chi connectivity index (χ1) is 10.2. The van der Waals surface area contributed by atoms with Gasteiger partial charge in [0.05, 0.1) is 6.26 Å². The lowest BCUT2D eigenvalue weighted by Gasteiger charge is -2.17. The lowest BCUT2D eigenvalue weighted by atomic mass is 10.2. The van der Waals surface area contributed by atoms with Crippen molar-refractivity contribution >= 4 is 5.91 Å². The number of rotatable bonds is 6. The number of carbonyl (C=O) groups excluding carboxylic acids is 1. The molecule has 21 heavy (non-hydrogen) atoms. The van der Waals surface area contributed by atoms with Gasteiger partial charge in [-0.05, 0) is 25.5 Å². The van der Waals surface area contributed by atoms with E-state index in [4.69, 9.17) is 8.94 Å². The fourth-order valence-corrected chi connectivity index (χ4v) is 2.58. The zero-order valence-corrected chi connectivity index (χ0v) is 12.3. The van der Waals surface area contributed by atoms with E-state index in [9.17, 15) is 4.79 Å². The van der Waals surface area contributed by atoms with Gasteiger partial charge in [-0.1, -0.05) is 5.16 Å². The van der Waals surface area contributed by atoms with Crippen LogP contribution >= 0.6 is 0 Å². The van der Waals surface area contributed by atoms with Gasteiger partial charge in [0.15, 0.2) is 5.82 Å². The molecule has 1 fully saturated rings. The molecule has 1 amide bonds. The smallest absolute Gasteiger partial charge is 0.230 e. The highest BCUT2D eigenvalue weighted by molar-refractivity contribution is 5.73. The standard InChI is InChI=1S/C15H19N3O3/c1-3-18(10(2)19)7-6-14-16-15(21-17-14)12-9-11(12)13-5-4-8-20-13/h4-5,8,11-12H,3,6-7,9H2,1-2H3/t11-,12-/m0/s1. The quantitative estimate of drug-likeness (QED) is 0.816. The maximum atomic E-state index is 11.3. The molecule has 2 atom stereocenters. The summed E-state index contributed by atoms with van der Waals surface area (Å²) in [5.41, 5.74) is 0. The summed E-state index contributed by atoms with van der Waals surface area (Å²) in [6.45, 7) is 4.85. The Kier molecular flexibility index (Phi) is 3.77. The van der Waals surface area contributed by atoms with Gasteiger partial charge >= 0.3 is 0 Å². The van der Waals surface area contributed by atoms with Crippen LogP contribution in [0, 0.1) is 0 Å². The van der Waals surface area contributed by atoms with Gasteiger partial charge in [0.25, 0.3) is 0 Å². The van der Waals surface area contributed by atoms with Crippen molar-refractivity contribution in [1.29, 1.82) is 0 Å². The molecule has 0 radical (unpaired) electrons. The van der Waals surface area contributed by atoms with E-state index in [0.717, 1.165) is 12.2 Å². The minimum atomic E-state index is 0.0706. The third-order valence-electron chi connectivity index (χ3n) is 3.93. The Hall–Kier alpha value is -2.11. The van der Waals surface area contributed by atoms with Crippen LogP contribution in [-0.4, -0.2) is 34.0 Å². The van der Waals surface area contributed by atoms with Crippen LogP contribution in [0.3, 0.4) is 0 Å². The number of furan rings is 1. The van der Waals surface area contributed by atoms with Gasteiger partial charge in [-0.25, -0.2) is 0 Å². The number of amides is 1. The minimum absolute atomic E-state index is 0.0706. The van der Waals surface area contributed by atoms with E-state index in [1.165, 1.54) is 0 Å². The molecule has 0 spiro atoms. The summed E-state index contributed by atoms with van der Waals surface area (Å²) in [5.74, 6) is 3.02. The van der Waals surface area contributed by atoms with Crippen LogP contribution in [0.25, 0.3) is 0 Å². The number of hydrogen-bond acceptors (Lipinski definition) is 5. The van der Waals surface area contributed by atoms with Gasteiger partial charge in [-0.2, -0.15) is 4.98 Å². The number of nitrogens with zero attached hydrogens (tertiary/aromatic N) is 3. The van der Waals surface area contributed by atoms with E-state index < -0.39 is 0 Å². The third kappa shape index (κ3) is 2.99. The largest absolute Gasteiger partial charge is 0.469 e. The van der Waals surface area contributed by atoms with E-state index in [-0.39, 0.29) is 11.8 Å². The molecule has 1 aliphatic rings. The molecule has 0 N–H and O–H groups in total. The molecule has 0 saturated heterocycles. The first-order valence-corrected chi connectivity index (χ1v) is 7.30. The monoisotopic (exact) mass is 289 g/mol. The minimum Gasteiger partial charge on any atom is -0.469 e. The predicted octanol–water partition coefficient (Wildman–Crippen LogP) is 2.34. The second-order valence-corrected chi connectivity index (χ2v) is 5.36. The van der Waals surface area contributed by atoms with Crippen molar-refractivity contribution < 1.29 is 13.7 Å². The molecule has 0 unspecified atom stereocenters. The van der Waals surface area contributed by atoms with Crippen molar-refractivity contribution in [3.8, 4) is 0 Å². The van der Waals surface area contributed by atoms with Gasteiger partial charge in [-0.15, -0.1) is 0 Å². The van der Waals surface area contributed by atoms with Crippen molar-refractivity contribution in [2.45, 2.75) is 38.5 Å². The topological polar surface area (TPSA) is 72.4 Å². The number of hydrogen-bond donors (Lipinski definition) is 0. The van der Waals surface area contributed by atoms with Crippen molar-refractivity contribution in [3.63, 3.8) is 0 Å². The number of likely N-dealkylation sites (N-methyl/N-ethyl adjacent to an activating group) is 1. The predicted molar refractivity (Wildman–Crippen MR) is 74.7 cm³/mol. The van der Waals surface area contributed by atoms with Gasteiger partial charge in [0.2, 0.25) is 11.8 Å². The third-order valence-corrected chi connectivity index (χ3v) is 3.93. The average Bonchev–Trinajstić information content (AvgIpc) is 2.92. The Morgan fingerprint density at radius 2 is 2.33 bits per heavy atom. The van der Waals surface area contributed by atoms with Crippen LogP contribution in [-0.2, 0) is 11.2 Å². The summed E-state index contributed by atoms with van der Waals surface area (Å²) in [7, 11) is 0. The Morgan fingerprint density at radius 3 is 3.00 bits per heavy atom. The molecule has 2 aromatic rings. The number of carbonyl (C=O) groups is 1. The second kappa shape index (κ2) is 5.71. The van der Waals surface area contributed by atoms with Crippen LogP contribution in [0.2, 0.25) is 0 Å². The van der Waals surface area contributed by atoms with Crippen molar-refractivity contribution in [2.24, 2.45) is 0 Å². The molecule has 2 aromatic heterocycles. The van der Waals surface area contributed by atoms with E-state index in [2.05, 4.69) is 10.1 Å². The molecule has 6 heteroatoms. The van der Waals surface area contributed by atoms with Crippen molar-refractivity contribution in [3.05, 3.63) is 35.9 Å². The molecule has 1 aliphatic carbocycles. The Bertz CT molecular complexity index is 605. The highest BCUT2D eigenvalue weighted by atomic mass is 16.5. The molecule has 6 nitrogen and oxygen atoms in total. The highest BCUT2D eigenvalue weighted by Crippen LogP contribution is 2.54. The highest BCUT2D eigenvalue weighted by Gasteiger charge is 2.45. The van der Waals surface area contributed by atoms with Crippen LogP contribution in [0.5, 0.6) is 0 Å². The molecular weight excluding hydrogens is 270 g/mol. The fraction of sp³-hybridized carbons (Fsp3) is 0.533. The van der Waals surface area contributed by atoms with E-state index in [1.807, 2.05) is 19.1 Å². The van der Waals surface area contributed by atoms with Crippen LogP contribution in [0.15, 0.2) is 27.3 Å². The van der Waals surface area contributed by atoms with Crippen LogP contribution in [0.1, 0.15) is 49.6 Å². The second-order valence-electron chi connectivity index (χ2n) is 5.36. The molecule has 112 valence electrons. The summed E-state index contributed by atoms with van der Waals surface area (Å²) < 4.78 is 10.7. The lowest BCUT2D eigenvalue weighted by Crippen LogP contribution is -2.30. The molecule has 3 rings (SSSR count). The Balaban J connectivity index is 1.56. The number of aromatic nitrogens is 2. The van der Waals surface area contributed by atoms with Gasteiger partial charge < -0.3 is 13.8 Å². The molecule has 0 aliphatic heterocycles. The maximum Gasteiger partial charge on any atom is 0.230 e. The summed E-state index contributed by atoms with van der Waals surface area (Å²) in [6.07, 6.45) is 3.30. The summed E-state index contributed by atoms with van der Waals surface area (Å²) in [5, 5.41) is 4.00. The molecule has 0 aromatic carbocycles. The summed E-state index contributed by atoms with van der Waals surface area (Å²) in [4.78, 5) is 17.5. The van der Waals surface area contributed by atoms with Crippen molar-refractivity contribution in [2.75, 3.05) is 13.1 Å². The summed E-state index contributed by atoms with van der Waals surface area (Å²) >= 11 is 0. The van der Waals surface area contributed by atoms with Crippen LogP contribution < -0.4 is 0 Å². The molecular formula is C15H19N3O3.